The van der Waals surface area contributed by atoms with Gasteiger partial charge in [0.15, 0.2) is 0 Å². The smallest absolute Gasteiger partial charge is 0.254 e. The minimum Gasteiger partial charge on any atom is -0.352 e. The number of hydrogen-bond acceptors (Lipinski definition) is 4. The van der Waals surface area contributed by atoms with Crippen LogP contribution < -0.4 is 10.6 Å². The van der Waals surface area contributed by atoms with E-state index in [0.29, 0.717) is 29.6 Å². The van der Waals surface area contributed by atoms with Gasteiger partial charge in [-0.3, -0.25) is 4.79 Å². The maximum Gasteiger partial charge on any atom is 0.254 e. The van der Waals surface area contributed by atoms with Gasteiger partial charge >= 0.3 is 0 Å². The molecular weight excluding hydrogens is 348 g/mol. The summed E-state index contributed by atoms with van der Waals surface area (Å²) in [5.41, 5.74) is 2.57. The lowest BCUT2D eigenvalue weighted by Crippen LogP contribution is -2.26. The molecule has 2 aromatic carbocycles. The Kier molecular flexibility index (Phi) is 6.17. The third-order valence-electron chi connectivity index (χ3n) is 3.85. The highest BCUT2D eigenvalue weighted by molar-refractivity contribution is 6.31. The van der Waals surface area contributed by atoms with Crippen LogP contribution in [-0.4, -0.2) is 22.4 Å². The Bertz CT molecular complexity index is 853. The van der Waals surface area contributed by atoms with Crippen LogP contribution in [0.5, 0.6) is 0 Å². The average molecular weight is 367 g/mol. The van der Waals surface area contributed by atoms with Gasteiger partial charge in [-0.1, -0.05) is 60.1 Å². The molecule has 0 aliphatic heterocycles. The molecule has 1 heterocycles. The van der Waals surface area contributed by atoms with Gasteiger partial charge < -0.3 is 10.6 Å². The minimum atomic E-state index is -0.182. The van der Waals surface area contributed by atoms with Gasteiger partial charge in [-0.05, 0) is 23.6 Å². The molecule has 1 aromatic heterocycles. The van der Waals surface area contributed by atoms with Crippen molar-refractivity contribution in [1.82, 2.24) is 15.3 Å². The average Bonchev–Trinajstić information content (AvgIpc) is 2.68. The van der Waals surface area contributed by atoms with Gasteiger partial charge in [0, 0.05) is 30.5 Å². The summed E-state index contributed by atoms with van der Waals surface area (Å²) in [6, 6.07) is 17.6. The Balaban J connectivity index is 1.49. The van der Waals surface area contributed by atoms with Crippen molar-refractivity contribution in [2.75, 3.05) is 11.9 Å². The Labute approximate surface area is 157 Å². The summed E-state index contributed by atoms with van der Waals surface area (Å²) in [5.74, 6) is 0.268. The summed E-state index contributed by atoms with van der Waals surface area (Å²) in [4.78, 5) is 20.5. The van der Waals surface area contributed by atoms with Crippen molar-refractivity contribution in [3.63, 3.8) is 0 Å². The van der Waals surface area contributed by atoms with Crippen molar-refractivity contribution in [1.29, 1.82) is 0 Å². The van der Waals surface area contributed by atoms with Gasteiger partial charge in [0.25, 0.3) is 5.91 Å². The highest BCUT2D eigenvalue weighted by Crippen LogP contribution is 2.15. The van der Waals surface area contributed by atoms with Crippen molar-refractivity contribution in [2.45, 2.75) is 13.0 Å². The number of benzene rings is 2. The van der Waals surface area contributed by atoms with E-state index in [0.717, 1.165) is 12.0 Å². The Morgan fingerprint density at radius 2 is 1.65 bits per heavy atom. The highest BCUT2D eigenvalue weighted by Gasteiger charge is 2.07. The number of amides is 1. The van der Waals surface area contributed by atoms with Crippen molar-refractivity contribution in [3.8, 4) is 0 Å². The summed E-state index contributed by atoms with van der Waals surface area (Å²) in [6.07, 6.45) is 3.81. The van der Waals surface area contributed by atoms with Gasteiger partial charge in [0.2, 0.25) is 5.95 Å². The van der Waals surface area contributed by atoms with E-state index in [1.807, 2.05) is 54.6 Å². The van der Waals surface area contributed by atoms with E-state index in [-0.39, 0.29) is 5.91 Å². The number of hydrogen-bond donors (Lipinski definition) is 2. The van der Waals surface area contributed by atoms with Crippen LogP contribution in [0.1, 0.15) is 21.5 Å². The number of anilines is 1. The lowest BCUT2D eigenvalue weighted by Gasteiger charge is -2.08. The van der Waals surface area contributed by atoms with Gasteiger partial charge in [0.05, 0.1) is 5.56 Å². The first-order valence-electron chi connectivity index (χ1n) is 8.34. The molecule has 0 saturated heterocycles. The second-order valence-corrected chi connectivity index (χ2v) is 6.14. The minimum absolute atomic E-state index is 0.182. The van der Waals surface area contributed by atoms with Gasteiger partial charge in [-0.25, -0.2) is 9.97 Å². The molecule has 0 atom stereocenters. The topological polar surface area (TPSA) is 66.9 Å². The zero-order valence-electron chi connectivity index (χ0n) is 14.2. The zero-order valence-corrected chi connectivity index (χ0v) is 14.9. The van der Waals surface area contributed by atoms with Crippen molar-refractivity contribution in [2.24, 2.45) is 0 Å². The predicted molar refractivity (Wildman–Crippen MR) is 103 cm³/mol. The molecule has 26 heavy (non-hydrogen) atoms. The summed E-state index contributed by atoms with van der Waals surface area (Å²) in [6.45, 7) is 1.08. The number of carbonyl (C=O) groups is 1. The van der Waals surface area contributed by atoms with Gasteiger partial charge in [-0.15, -0.1) is 0 Å². The Morgan fingerprint density at radius 1 is 0.962 bits per heavy atom. The van der Waals surface area contributed by atoms with E-state index >= 15 is 0 Å². The van der Waals surface area contributed by atoms with Crippen LogP contribution in [0.25, 0.3) is 0 Å². The van der Waals surface area contributed by atoms with E-state index in [4.69, 9.17) is 11.6 Å². The molecule has 0 spiro atoms. The molecule has 0 aliphatic carbocycles. The Morgan fingerprint density at radius 3 is 2.38 bits per heavy atom. The molecule has 0 fully saturated rings. The molecule has 132 valence electrons. The number of rotatable bonds is 7. The Hall–Kier alpha value is -2.92. The third-order valence-corrected chi connectivity index (χ3v) is 4.22. The lowest BCUT2D eigenvalue weighted by atomic mass is 10.1. The second-order valence-electron chi connectivity index (χ2n) is 5.73. The van der Waals surface area contributed by atoms with E-state index in [1.54, 1.807) is 0 Å². The molecular formula is C20H19ClN4O. The highest BCUT2D eigenvalue weighted by atomic mass is 35.5. The molecule has 0 aliphatic rings. The number of aromatic nitrogens is 2. The molecule has 3 aromatic rings. The van der Waals surface area contributed by atoms with Crippen LogP contribution in [0.15, 0.2) is 67.0 Å². The van der Waals surface area contributed by atoms with Crippen LogP contribution in [-0.2, 0) is 13.0 Å². The monoisotopic (exact) mass is 366 g/mol. The predicted octanol–water partition coefficient (Wildman–Crippen LogP) is 3.71. The van der Waals surface area contributed by atoms with Crippen LogP contribution in [0, 0.1) is 0 Å². The summed E-state index contributed by atoms with van der Waals surface area (Å²) in [5, 5.41) is 6.66. The van der Waals surface area contributed by atoms with Crippen molar-refractivity contribution < 1.29 is 4.79 Å². The molecule has 6 heteroatoms. The van der Waals surface area contributed by atoms with Crippen LogP contribution >= 0.6 is 11.6 Å². The largest absolute Gasteiger partial charge is 0.352 e. The third kappa shape index (κ3) is 5.04. The summed E-state index contributed by atoms with van der Waals surface area (Å²) in [7, 11) is 0. The standard InChI is InChI=1S/C20H19ClN4O/c21-18-9-5-4-8-16(18)12-23-20-24-13-17(14-25-20)19(26)22-11-10-15-6-2-1-3-7-15/h1-9,13-14H,10-12H2,(H,22,26)(H,23,24,25). The lowest BCUT2D eigenvalue weighted by molar-refractivity contribution is 0.0953. The molecule has 0 radical (unpaired) electrons. The first kappa shape index (κ1) is 17.9. The molecule has 2 N–H and O–H groups in total. The number of nitrogens with zero attached hydrogens (tertiary/aromatic N) is 2. The normalized spacial score (nSPS) is 10.3. The first-order valence-corrected chi connectivity index (χ1v) is 8.71. The fraction of sp³-hybridized carbons (Fsp3) is 0.150. The molecule has 3 rings (SSSR count). The molecule has 0 bridgehead atoms. The van der Waals surface area contributed by atoms with E-state index < -0.39 is 0 Å². The summed E-state index contributed by atoms with van der Waals surface area (Å²) < 4.78 is 0. The molecule has 1 amide bonds. The van der Waals surface area contributed by atoms with Crippen LogP contribution in [0.4, 0.5) is 5.95 Å². The maximum atomic E-state index is 12.1. The molecule has 5 nitrogen and oxygen atoms in total. The number of carbonyl (C=O) groups excluding carboxylic acids is 1. The van der Waals surface area contributed by atoms with Gasteiger partial charge in [0.1, 0.15) is 0 Å². The number of halogens is 1. The fourth-order valence-electron chi connectivity index (χ4n) is 2.42. The molecule has 0 saturated carbocycles. The second kappa shape index (κ2) is 8.97. The quantitative estimate of drug-likeness (QED) is 0.668. The van der Waals surface area contributed by atoms with Crippen LogP contribution in [0.2, 0.25) is 5.02 Å². The first-order chi connectivity index (χ1) is 12.7. The fourth-order valence-corrected chi connectivity index (χ4v) is 2.62. The molecule has 0 unspecified atom stereocenters. The maximum absolute atomic E-state index is 12.1. The van der Waals surface area contributed by atoms with Crippen molar-refractivity contribution >= 4 is 23.5 Å². The van der Waals surface area contributed by atoms with Crippen molar-refractivity contribution in [3.05, 3.63) is 88.7 Å². The number of nitrogens with one attached hydrogen (secondary N) is 2. The van der Waals surface area contributed by atoms with E-state index in [1.165, 1.54) is 18.0 Å². The summed E-state index contributed by atoms with van der Waals surface area (Å²) >= 11 is 6.12. The van der Waals surface area contributed by atoms with Gasteiger partial charge in [-0.2, -0.15) is 0 Å². The zero-order chi connectivity index (χ0) is 18.2. The SMILES string of the molecule is O=C(NCCc1ccccc1)c1cnc(NCc2ccccc2Cl)nc1. The van der Waals surface area contributed by atoms with E-state index in [2.05, 4.69) is 20.6 Å². The van der Waals surface area contributed by atoms with E-state index in [9.17, 15) is 4.79 Å². The van der Waals surface area contributed by atoms with Crippen LogP contribution in [0.3, 0.4) is 0 Å².